The Bertz CT molecular complexity index is 1160. The van der Waals surface area contributed by atoms with Gasteiger partial charge < -0.3 is 5.11 Å². The van der Waals surface area contributed by atoms with Crippen molar-refractivity contribution in [3.05, 3.63) is 64.6 Å². The van der Waals surface area contributed by atoms with Gasteiger partial charge in [-0.2, -0.15) is 0 Å². The van der Waals surface area contributed by atoms with Gasteiger partial charge in [0.2, 0.25) is 0 Å². The molecule has 0 aliphatic carbocycles. The highest BCUT2D eigenvalue weighted by Gasteiger charge is 2.15. The van der Waals surface area contributed by atoms with Crippen LogP contribution in [0.25, 0.3) is 5.69 Å². The molecule has 0 saturated carbocycles. The molecule has 0 fully saturated rings. The van der Waals surface area contributed by atoms with E-state index in [2.05, 4.69) is 15.3 Å². The van der Waals surface area contributed by atoms with Crippen molar-refractivity contribution in [1.29, 1.82) is 0 Å². The van der Waals surface area contributed by atoms with E-state index in [4.69, 9.17) is 0 Å². The van der Waals surface area contributed by atoms with Gasteiger partial charge in [0.25, 0.3) is 5.56 Å². The molecule has 0 aliphatic rings. The standard InChI is InChI=1S/C18H18N4O4S/c1-3-27(25,26)14-9-10-16(23)15(11-14)19-20-17-12(2)21-22(18(17)24)13-7-5-4-6-8-13/h4-11,21,23H,3H2,1-2H3. The maximum Gasteiger partial charge on any atom is 0.299 e. The third-order valence-electron chi connectivity index (χ3n) is 4.00. The summed E-state index contributed by atoms with van der Waals surface area (Å²) in [5.74, 6) is -0.307. The second kappa shape index (κ2) is 7.20. The maximum absolute atomic E-state index is 12.6. The Morgan fingerprint density at radius 1 is 1.11 bits per heavy atom. The van der Waals surface area contributed by atoms with Gasteiger partial charge in [-0.3, -0.25) is 9.89 Å². The largest absolute Gasteiger partial charge is 0.506 e. The molecule has 0 bridgehead atoms. The highest BCUT2D eigenvalue weighted by Crippen LogP contribution is 2.31. The lowest BCUT2D eigenvalue weighted by Gasteiger charge is -2.03. The lowest BCUT2D eigenvalue weighted by atomic mass is 10.3. The van der Waals surface area contributed by atoms with E-state index in [0.717, 1.165) is 0 Å². The Balaban J connectivity index is 2.02. The minimum absolute atomic E-state index is 0.0317. The van der Waals surface area contributed by atoms with Crippen molar-refractivity contribution >= 4 is 21.2 Å². The van der Waals surface area contributed by atoms with Gasteiger partial charge in [0.15, 0.2) is 15.5 Å². The van der Waals surface area contributed by atoms with Crippen molar-refractivity contribution in [2.75, 3.05) is 5.75 Å². The molecule has 0 aliphatic heterocycles. The number of azo groups is 1. The fourth-order valence-corrected chi connectivity index (χ4v) is 3.36. The van der Waals surface area contributed by atoms with Gasteiger partial charge in [-0.1, -0.05) is 25.1 Å². The number of nitrogens with zero attached hydrogens (tertiary/aromatic N) is 3. The van der Waals surface area contributed by atoms with E-state index in [9.17, 15) is 18.3 Å². The van der Waals surface area contributed by atoms with Gasteiger partial charge in [-0.05, 0) is 37.3 Å². The third kappa shape index (κ3) is 3.68. The van der Waals surface area contributed by atoms with Gasteiger partial charge in [0.05, 0.1) is 22.0 Å². The lowest BCUT2D eigenvalue weighted by molar-refractivity contribution is 0.476. The van der Waals surface area contributed by atoms with Crippen LogP contribution >= 0.6 is 0 Å². The number of sulfone groups is 1. The van der Waals surface area contributed by atoms with Crippen LogP contribution in [0.5, 0.6) is 5.75 Å². The Hall–Kier alpha value is -3.20. The second-order valence-electron chi connectivity index (χ2n) is 5.82. The lowest BCUT2D eigenvalue weighted by Crippen LogP contribution is -2.13. The molecule has 1 aromatic heterocycles. The minimum atomic E-state index is -3.45. The maximum atomic E-state index is 12.6. The van der Waals surface area contributed by atoms with Gasteiger partial charge in [-0.15, -0.1) is 10.2 Å². The summed E-state index contributed by atoms with van der Waals surface area (Å²) in [5, 5.41) is 20.7. The normalized spacial score (nSPS) is 11.9. The van der Waals surface area contributed by atoms with E-state index >= 15 is 0 Å². The molecule has 0 radical (unpaired) electrons. The highest BCUT2D eigenvalue weighted by atomic mass is 32.2. The van der Waals surface area contributed by atoms with Gasteiger partial charge >= 0.3 is 0 Å². The van der Waals surface area contributed by atoms with Crippen molar-refractivity contribution in [2.24, 2.45) is 10.2 Å². The molecule has 0 saturated heterocycles. The molecule has 3 aromatic rings. The summed E-state index contributed by atoms with van der Waals surface area (Å²) < 4.78 is 25.3. The van der Waals surface area contributed by atoms with Crippen LogP contribution in [0.2, 0.25) is 0 Å². The minimum Gasteiger partial charge on any atom is -0.506 e. The van der Waals surface area contributed by atoms with Crippen LogP contribution in [0.1, 0.15) is 12.6 Å². The number of H-pyrrole nitrogens is 1. The van der Waals surface area contributed by atoms with Crippen LogP contribution in [0, 0.1) is 6.92 Å². The number of phenols is 1. The molecule has 0 atom stereocenters. The number of benzene rings is 2. The third-order valence-corrected chi connectivity index (χ3v) is 5.73. The smallest absolute Gasteiger partial charge is 0.299 e. The Morgan fingerprint density at radius 3 is 2.48 bits per heavy atom. The predicted molar refractivity (Wildman–Crippen MR) is 101 cm³/mol. The number of aromatic amines is 1. The SMILES string of the molecule is CCS(=O)(=O)c1ccc(O)c(N=Nc2c(C)[nH]n(-c3ccccc3)c2=O)c1. The second-order valence-corrected chi connectivity index (χ2v) is 8.09. The van der Waals surface area contributed by atoms with Crippen molar-refractivity contribution in [2.45, 2.75) is 18.7 Å². The summed E-state index contributed by atoms with van der Waals surface area (Å²) in [5.41, 5.74) is 0.771. The number of aromatic hydroxyl groups is 1. The molecule has 27 heavy (non-hydrogen) atoms. The summed E-state index contributed by atoms with van der Waals surface area (Å²) in [6.07, 6.45) is 0. The molecule has 3 rings (SSSR count). The van der Waals surface area contributed by atoms with Crippen LogP contribution in [0.3, 0.4) is 0 Å². The van der Waals surface area contributed by atoms with E-state index in [0.29, 0.717) is 11.4 Å². The molecular weight excluding hydrogens is 368 g/mol. The number of para-hydroxylation sites is 1. The number of aryl methyl sites for hydroxylation is 1. The number of aromatic nitrogens is 2. The first-order chi connectivity index (χ1) is 12.8. The molecule has 0 spiro atoms. The van der Waals surface area contributed by atoms with Crippen molar-refractivity contribution in [3.63, 3.8) is 0 Å². The van der Waals surface area contributed by atoms with Crippen molar-refractivity contribution < 1.29 is 13.5 Å². The van der Waals surface area contributed by atoms with E-state index in [-0.39, 0.29) is 27.8 Å². The molecular formula is C18H18N4O4S. The quantitative estimate of drug-likeness (QED) is 0.654. The van der Waals surface area contributed by atoms with Gasteiger partial charge in [-0.25, -0.2) is 13.1 Å². The summed E-state index contributed by atoms with van der Waals surface area (Å²) in [6.45, 7) is 3.20. The number of hydrogen-bond acceptors (Lipinski definition) is 6. The Morgan fingerprint density at radius 2 is 1.81 bits per heavy atom. The summed E-state index contributed by atoms with van der Waals surface area (Å²) >= 11 is 0. The van der Waals surface area contributed by atoms with Crippen LogP contribution < -0.4 is 5.56 Å². The zero-order chi connectivity index (χ0) is 19.6. The zero-order valence-electron chi connectivity index (χ0n) is 14.7. The van der Waals surface area contributed by atoms with Crippen LogP contribution in [-0.2, 0) is 9.84 Å². The van der Waals surface area contributed by atoms with E-state index < -0.39 is 15.4 Å². The first kappa shape index (κ1) is 18.6. The van der Waals surface area contributed by atoms with Crippen molar-refractivity contribution in [3.8, 4) is 11.4 Å². The fraction of sp³-hybridized carbons (Fsp3) is 0.167. The van der Waals surface area contributed by atoms with Gasteiger partial charge in [0, 0.05) is 0 Å². The number of phenolic OH excluding ortho intramolecular Hbond substituents is 1. The molecule has 0 amide bonds. The monoisotopic (exact) mass is 386 g/mol. The Labute approximate surface area is 155 Å². The Kier molecular flexibility index (Phi) is 4.95. The topological polar surface area (TPSA) is 117 Å². The highest BCUT2D eigenvalue weighted by molar-refractivity contribution is 7.91. The van der Waals surface area contributed by atoms with E-state index in [1.54, 1.807) is 31.2 Å². The molecule has 8 nitrogen and oxygen atoms in total. The van der Waals surface area contributed by atoms with E-state index in [1.807, 2.05) is 6.07 Å². The van der Waals surface area contributed by atoms with Crippen LogP contribution in [-0.4, -0.2) is 29.1 Å². The predicted octanol–water partition coefficient (Wildman–Crippen LogP) is 3.39. The van der Waals surface area contributed by atoms with E-state index in [1.165, 1.54) is 29.8 Å². The summed E-state index contributed by atoms with van der Waals surface area (Å²) in [4.78, 5) is 12.6. The first-order valence-electron chi connectivity index (χ1n) is 8.18. The van der Waals surface area contributed by atoms with Crippen LogP contribution in [0.4, 0.5) is 11.4 Å². The zero-order valence-corrected chi connectivity index (χ0v) is 15.6. The average molecular weight is 386 g/mol. The fourth-order valence-electron chi connectivity index (χ4n) is 2.46. The summed E-state index contributed by atoms with van der Waals surface area (Å²) in [6, 6.07) is 12.8. The van der Waals surface area contributed by atoms with Gasteiger partial charge in [0.1, 0.15) is 11.4 Å². The van der Waals surface area contributed by atoms with Crippen molar-refractivity contribution in [1.82, 2.24) is 9.78 Å². The molecule has 2 aromatic carbocycles. The average Bonchev–Trinajstić information content (AvgIpc) is 2.95. The molecule has 9 heteroatoms. The molecule has 2 N–H and O–H groups in total. The molecule has 0 unspecified atom stereocenters. The first-order valence-corrected chi connectivity index (χ1v) is 9.83. The number of nitrogens with one attached hydrogen (secondary N) is 1. The molecule has 1 heterocycles. The summed E-state index contributed by atoms with van der Waals surface area (Å²) in [7, 11) is -3.45. The molecule has 140 valence electrons. The number of hydrogen-bond donors (Lipinski definition) is 2. The number of rotatable bonds is 5. The van der Waals surface area contributed by atoms with Crippen LogP contribution in [0.15, 0.2) is 68.4 Å².